The highest BCUT2D eigenvalue weighted by molar-refractivity contribution is 6.16. The standard InChI is InChI=1S/C14H16O5/c1-9-4-6-11(7-5-9)19-8-12(16)13(10(2)15)14(17)18-3/h4-7,16H,8H2,1-3H3/p-1. The average Bonchev–Trinajstić information content (AvgIpc) is 2.37. The van der Waals surface area contributed by atoms with Gasteiger partial charge in [-0.2, -0.15) is 0 Å². The van der Waals surface area contributed by atoms with Gasteiger partial charge in [0.2, 0.25) is 0 Å². The van der Waals surface area contributed by atoms with Crippen LogP contribution in [0.3, 0.4) is 0 Å². The summed E-state index contributed by atoms with van der Waals surface area (Å²) in [6.07, 6.45) is 0. The third kappa shape index (κ3) is 4.13. The Morgan fingerprint density at radius 2 is 1.79 bits per heavy atom. The van der Waals surface area contributed by atoms with Crippen LogP contribution in [-0.4, -0.2) is 25.5 Å². The molecule has 0 bridgehead atoms. The maximum absolute atomic E-state index is 11.7. The Bertz CT molecular complexity index is 499. The molecule has 19 heavy (non-hydrogen) atoms. The van der Waals surface area contributed by atoms with Crippen molar-refractivity contribution in [1.82, 2.24) is 0 Å². The van der Waals surface area contributed by atoms with E-state index in [1.54, 1.807) is 12.1 Å². The molecule has 0 amide bonds. The number of carbonyl (C=O) groups is 2. The van der Waals surface area contributed by atoms with Crippen molar-refractivity contribution >= 4 is 11.8 Å². The smallest absolute Gasteiger partial charge is 0.340 e. The number of hydrogen-bond acceptors (Lipinski definition) is 5. The van der Waals surface area contributed by atoms with Crippen LogP contribution < -0.4 is 9.84 Å². The van der Waals surface area contributed by atoms with E-state index in [2.05, 4.69) is 4.74 Å². The lowest BCUT2D eigenvalue weighted by Crippen LogP contribution is -2.24. The molecule has 0 aliphatic rings. The van der Waals surface area contributed by atoms with Gasteiger partial charge in [0.05, 0.1) is 12.7 Å². The van der Waals surface area contributed by atoms with Gasteiger partial charge in [-0.1, -0.05) is 23.5 Å². The number of carbonyl (C=O) groups excluding carboxylic acids is 2. The van der Waals surface area contributed by atoms with Crippen molar-refractivity contribution in [2.45, 2.75) is 13.8 Å². The molecule has 1 rings (SSSR count). The average molecular weight is 263 g/mol. The van der Waals surface area contributed by atoms with Gasteiger partial charge in [0, 0.05) is 0 Å². The van der Waals surface area contributed by atoms with E-state index < -0.39 is 23.1 Å². The van der Waals surface area contributed by atoms with Gasteiger partial charge >= 0.3 is 5.97 Å². The molecule has 0 spiro atoms. The second kappa shape index (κ2) is 6.58. The van der Waals surface area contributed by atoms with Crippen LogP contribution in [0.15, 0.2) is 35.6 Å². The maximum Gasteiger partial charge on any atom is 0.340 e. The van der Waals surface area contributed by atoms with Gasteiger partial charge in [-0.05, 0) is 26.0 Å². The van der Waals surface area contributed by atoms with E-state index in [4.69, 9.17) is 4.74 Å². The molecule has 1 aromatic carbocycles. The molecule has 0 radical (unpaired) electrons. The molecule has 0 aliphatic heterocycles. The summed E-state index contributed by atoms with van der Waals surface area (Å²) in [5.41, 5.74) is 0.554. The summed E-state index contributed by atoms with van der Waals surface area (Å²) in [5.74, 6) is -1.78. The predicted octanol–water partition coefficient (Wildman–Crippen LogP) is 0.750. The molecule has 0 aliphatic carbocycles. The summed E-state index contributed by atoms with van der Waals surface area (Å²) in [7, 11) is 1.11. The molecule has 0 unspecified atom stereocenters. The summed E-state index contributed by atoms with van der Waals surface area (Å²) in [6, 6.07) is 7.06. The summed E-state index contributed by atoms with van der Waals surface area (Å²) in [6.45, 7) is 2.68. The number of ether oxygens (including phenoxy) is 2. The quantitative estimate of drug-likeness (QED) is 0.257. The highest BCUT2D eigenvalue weighted by Gasteiger charge is 2.16. The number of esters is 1. The zero-order valence-corrected chi connectivity index (χ0v) is 11.1. The molecule has 0 N–H and O–H groups in total. The van der Waals surface area contributed by atoms with Crippen LogP contribution >= 0.6 is 0 Å². The second-order valence-electron chi connectivity index (χ2n) is 3.95. The Morgan fingerprint density at radius 3 is 2.26 bits per heavy atom. The summed E-state index contributed by atoms with van der Waals surface area (Å²) in [5, 5.41) is 11.7. The summed E-state index contributed by atoms with van der Waals surface area (Å²) in [4.78, 5) is 22.5. The lowest BCUT2D eigenvalue weighted by atomic mass is 10.1. The first-order chi connectivity index (χ1) is 8.95. The molecule has 0 saturated heterocycles. The van der Waals surface area contributed by atoms with E-state index in [0.29, 0.717) is 5.75 Å². The van der Waals surface area contributed by atoms with Crippen LogP contribution in [0, 0.1) is 6.92 Å². The first-order valence-electron chi connectivity index (χ1n) is 5.64. The molecule has 0 fully saturated rings. The molecular formula is C14H15O5-. The van der Waals surface area contributed by atoms with Crippen molar-refractivity contribution in [1.29, 1.82) is 0 Å². The number of rotatable bonds is 5. The maximum atomic E-state index is 11.7. The van der Waals surface area contributed by atoms with Crippen molar-refractivity contribution in [3.63, 3.8) is 0 Å². The van der Waals surface area contributed by atoms with Gasteiger partial charge in [-0.25, -0.2) is 4.79 Å². The molecule has 0 aromatic heterocycles. The van der Waals surface area contributed by atoms with E-state index in [-0.39, 0.29) is 6.61 Å². The van der Waals surface area contributed by atoms with Gasteiger partial charge in [-0.15, -0.1) is 0 Å². The second-order valence-corrected chi connectivity index (χ2v) is 3.95. The lowest BCUT2D eigenvalue weighted by molar-refractivity contribution is -0.310. The van der Waals surface area contributed by atoms with E-state index in [9.17, 15) is 14.7 Å². The fraction of sp³-hybridized carbons (Fsp3) is 0.286. The Balaban J connectivity index is 2.81. The van der Waals surface area contributed by atoms with Crippen LogP contribution in [0.25, 0.3) is 0 Å². The summed E-state index contributed by atoms with van der Waals surface area (Å²) >= 11 is 0. The monoisotopic (exact) mass is 263 g/mol. The van der Waals surface area contributed by atoms with Gasteiger partial charge in [-0.3, -0.25) is 4.79 Å². The van der Waals surface area contributed by atoms with Crippen LogP contribution in [0.5, 0.6) is 5.75 Å². The Morgan fingerprint density at radius 1 is 1.21 bits per heavy atom. The number of hydrogen-bond donors (Lipinski definition) is 0. The van der Waals surface area contributed by atoms with Gasteiger partial charge in [0.1, 0.15) is 12.4 Å². The van der Waals surface area contributed by atoms with Crippen LogP contribution in [0.2, 0.25) is 0 Å². The highest BCUT2D eigenvalue weighted by atomic mass is 16.5. The molecule has 5 heteroatoms. The highest BCUT2D eigenvalue weighted by Crippen LogP contribution is 2.13. The van der Waals surface area contributed by atoms with Gasteiger partial charge in [0.25, 0.3) is 0 Å². The number of ketones is 1. The SMILES string of the molecule is COC(=O)C(C(C)=O)=C([O-])COc1ccc(C)cc1. The Labute approximate surface area is 111 Å². The van der Waals surface area contributed by atoms with Crippen molar-refractivity contribution in [2.24, 2.45) is 0 Å². The number of aryl methyl sites for hydroxylation is 1. The minimum absolute atomic E-state index is 0.382. The van der Waals surface area contributed by atoms with E-state index in [0.717, 1.165) is 19.6 Å². The first-order valence-corrected chi connectivity index (χ1v) is 5.64. The minimum Gasteiger partial charge on any atom is -0.873 e. The summed E-state index contributed by atoms with van der Waals surface area (Å²) < 4.78 is 9.61. The lowest BCUT2D eigenvalue weighted by Gasteiger charge is -2.17. The number of Topliss-reactive ketones (excluding diaryl/α,β-unsaturated/α-hetero) is 1. The Hall–Kier alpha value is -2.30. The third-order valence-corrected chi connectivity index (χ3v) is 2.41. The van der Waals surface area contributed by atoms with E-state index in [1.165, 1.54) is 0 Å². The van der Waals surface area contributed by atoms with Crippen LogP contribution in [0.4, 0.5) is 0 Å². The topological polar surface area (TPSA) is 75.7 Å². The zero-order chi connectivity index (χ0) is 14.4. The molecule has 0 saturated carbocycles. The molecule has 0 atom stereocenters. The van der Waals surface area contributed by atoms with Gasteiger partial charge in [0.15, 0.2) is 5.78 Å². The molecule has 1 aromatic rings. The normalized spacial score (nSPS) is 11.5. The largest absolute Gasteiger partial charge is 0.873 e. The third-order valence-electron chi connectivity index (χ3n) is 2.41. The molecular weight excluding hydrogens is 248 g/mol. The molecule has 102 valence electrons. The molecule has 5 nitrogen and oxygen atoms in total. The fourth-order valence-corrected chi connectivity index (χ4v) is 1.41. The first kappa shape index (κ1) is 14.8. The predicted molar refractivity (Wildman–Crippen MR) is 66.4 cm³/mol. The van der Waals surface area contributed by atoms with E-state index >= 15 is 0 Å². The van der Waals surface area contributed by atoms with Crippen LogP contribution in [0.1, 0.15) is 12.5 Å². The van der Waals surface area contributed by atoms with Crippen LogP contribution in [-0.2, 0) is 14.3 Å². The van der Waals surface area contributed by atoms with Crippen molar-refractivity contribution in [3.8, 4) is 5.75 Å². The zero-order valence-electron chi connectivity index (χ0n) is 11.1. The number of benzene rings is 1. The number of methoxy groups -OCH3 is 1. The minimum atomic E-state index is -0.940. The molecule has 0 heterocycles. The van der Waals surface area contributed by atoms with Crippen molar-refractivity contribution in [3.05, 3.63) is 41.2 Å². The Kier molecular flexibility index (Phi) is 5.11. The fourth-order valence-electron chi connectivity index (χ4n) is 1.41. The van der Waals surface area contributed by atoms with E-state index in [1.807, 2.05) is 19.1 Å². The van der Waals surface area contributed by atoms with Gasteiger partial charge < -0.3 is 14.6 Å². The van der Waals surface area contributed by atoms with Crippen molar-refractivity contribution < 1.29 is 24.2 Å². The van der Waals surface area contributed by atoms with Crippen molar-refractivity contribution in [2.75, 3.05) is 13.7 Å².